The minimum Gasteiger partial charge on any atom is -0.477 e. The predicted octanol–water partition coefficient (Wildman–Crippen LogP) is 2.26. The number of aldehydes is 1. The predicted molar refractivity (Wildman–Crippen MR) is 112 cm³/mol. The van der Waals surface area contributed by atoms with Gasteiger partial charge in [-0.25, -0.2) is 9.18 Å². The number of carbonyl (C=O) groups is 2. The van der Waals surface area contributed by atoms with Crippen molar-refractivity contribution in [3.8, 4) is 0 Å². The second kappa shape index (κ2) is 8.25. The molecule has 176 valence electrons. The first kappa shape index (κ1) is 22.9. The summed E-state index contributed by atoms with van der Waals surface area (Å²) in [6, 6.07) is 1.15. The van der Waals surface area contributed by atoms with Gasteiger partial charge in [-0.15, -0.1) is 0 Å². The van der Waals surface area contributed by atoms with Crippen LogP contribution in [0.5, 0.6) is 0 Å². The molecule has 8 nitrogen and oxygen atoms in total. The number of rotatable bonds is 2. The summed E-state index contributed by atoms with van der Waals surface area (Å²) in [4.78, 5) is 39.4. The lowest BCUT2D eigenvalue weighted by atomic mass is 10.0. The summed E-state index contributed by atoms with van der Waals surface area (Å²) < 4.78 is 48.2. The number of carboxylic acid groups (broad SMARTS) is 1. The van der Waals surface area contributed by atoms with Crippen molar-refractivity contribution in [2.75, 3.05) is 18.0 Å². The molecule has 12 heteroatoms. The minimum atomic E-state index is -4.64. The first-order valence-corrected chi connectivity index (χ1v) is 10.2. The molecular formula is C21H20F4N4O4. The molecule has 1 saturated heterocycles. The molecule has 3 N–H and O–H groups in total. The summed E-state index contributed by atoms with van der Waals surface area (Å²) in [5.41, 5.74) is 6.71. The van der Waals surface area contributed by atoms with E-state index in [-0.39, 0.29) is 29.1 Å². The van der Waals surface area contributed by atoms with Crippen molar-refractivity contribution >= 4 is 35.1 Å². The van der Waals surface area contributed by atoms with Crippen molar-refractivity contribution in [1.82, 2.24) is 4.57 Å². The van der Waals surface area contributed by atoms with Crippen molar-refractivity contribution in [1.29, 1.82) is 0 Å². The number of pyridine rings is 1. The SMILES string of the molecule is N[C@@H]1CCN2c3c(F)cc4c(=O)c(C(=O)O)cn(C5CC5)c4c3C=NC[C@H]12.O=CC(F)(F)F. The summed E-state index contributed by atoms with van der Waals surface area (Å²) in [7, 11) is 0. The first-order chi connectivity index (χ1) is 15.5. The Kier molecular flexibility index (Phi) is 5.72. The van der Waals surface area contributed by atoms with Crippen LogP contribution in [0.15, 0.2) is 22.1 Å². The molecule has 3 aliphatic rings. The summed E-state index contributed by atoms with van der Waals surface area (Å²) in [6.07, 6.45) is -0.133. The third-order valence-electron chi connectivity index (χ3n) is 5.98. The molecule has 0 radical (unpaired) electrons. The fourth-order valence-corrected chi connectivity index (χ4v) is 4.36. The number of aliphatic imine (C=N–C) groups is 1. The maximum absolute atomic E-state index is 15.2. The Morgan fingerprint density at radius 2 is 1.94 bits per heavy atom. The zero-order valence-electron chi connectivity index (χ0n) is 17.2. The van der Waals surface area contributed by atoms with Gasteiger partial charge in [-0.1, -0.05) is 0 Å². The van der Waals surface area contributed by atoms with Gasteiger partial charge in [0.15, 0.2) is 0 Å². The van der Waals surface area contributed by atoms with Crippen molar-refractivity contribution in [2.45, 2.75) is 43.6 Å². The van der Waals surface area contributed by atoms with Gasteiger partial charge in [0.2, 0.25) is 11.7 Å². The minimum absolute atomic E-state index is 0.0751. The van der Waals surface area contributed by atoms with E-state index in [1.54, 1.807) is 6.21 Å². The molecule has 1 saturated carbocycles. The Labute approximate surface area is 184 Å². The van der Waals surface area contributed by atoms with Crippen LogP contribution >= 0.6 is 0 Å². The average Bonchev–Trinajstić information content (AvgIpc) is 3.55. The van der Waals surface area contributed by atoms with Gasteiger partial charge in [0.25, 0.3) is 0 Å². The van der Waals surface area contributed by atoms with Crippen LogP contribution in [0.25, 0.3) is 10.9 Å². The van der Waals surface area contributed by atoms with Crippen LogP contribution in [0.3, 0.4) is 0 Å². The van der Waals surface area contributed by atoms with E-state index in [0.717, 1.165) is 19.3 Å². The lowest BCUT2D eigenvalue weighted by Crippen LogP contribution is -2.41. The zero-order chi connectivity index (χ0) is 24.1. The fraction of sp³-hybridized carbons (Fsp3) is 0.429. The number of alkyl halides is 3. The van der Waals surface area contributed by atoms with Crippen LogP contribution in [-0.4, -0.2) is 59.5 Å². The quantitative estimate of drug-likeness (QED) is 0.516. The van der Waals surface area contributed by atoms with Gasteiger partial charge in [0.05, 0.1) is 29.2 Å². The molecule has 0 bridgehead atoms. The lowest BCUT2D eigenvalue weighted by Gasteiger charge is -2.28. The number of nitrogens with two attached hydrogens (primary N) is 1. The number of hydrogen-bond donors (Lipinski definition) is 2. The number of halogens is 4. The smallest absolute Gasteiger partial charge is 0.446 e. The van der Waals surface area contributed by atoms with Crippen LogP contribution in [-0.2, 0) is 4.79 Å². The van der Waals surface area contributed by atoms with Crippen LogP contribution < -0.4 is 16.1 Å². The average molecular weight is 468 g/mol. The summed E-state index contributed by atoms with van der Waals surface area (Å²) >= 11 is 0. The Hall–Kier alpha value is -3.28. The molecule has 1 aromatic carbocycles. The van der Waals surface area contributed by atoms with E-state index in [2.05, 4.69) is 4.99 Å². The molecule has 2 fully saturated rings. The number of hydrogen-bond acceptors (Lipinski definition) is 6. The molecule has 2 aromatic rings. The first-order valence-electron chi connectivity index (χ1n) is 10.2. The van der Waals surface area contributed by atoms with Gasteiger partial charge in [-0.05, 0) is 25.3 Å². The summed E-state index contributed by atoms with van der Waals surface area (Å²) in [5.74, 6) is -1.84. The van der Waals surface area contributed by atoms with E-state index in [1.807, 2.05) is 9.47 Å². The van der Waals surface area contributed by atoms with Crippen molar-refractivity contribution in [2.24, 2.45) is 10.7 Å². The Morgan fingerprint density at radius 3 is 2.52 bits per heavy atom. The summed E-state index contributed by atoms with van der Waals surface area (Å²) in [6.45, 7) is 1.10. The molecule has 0 spiro atoms. The van der Waals surface area contributed by atoms with E-state index in [1.165, 1.54) is 12.3 Å². The Morgan fingerprint density at radius 1 is 1.27 bits per heavy atom. The van der Waals surface area contributed by atoms with Gasteiger partial charge >= 0.3 is 12.1 Å². The molecule has 2 aliphatic heterocycles. The molecule has 0 unspecified atom stereocenters. The van der Waals surface area contributed by atoms with E-state index in [0.29, 0.717) is 29.9 Å². The highest BCUT2D eigenvalue weighted by Gasteiger charge is 2.37. The highest BCUT2D eigenvalue weighted by Crippen LogP contribution is 2.41. The highest BCUT2D eigenvalue weighted by molar-refractivity contribution is 6.06. The van der Waals surface area contributed by atoms with E-state index in [4.69, 9.17) is 10.5 Å². The van der Waals surface area contributed by atoms with Crippen molar-refractivity contribution < 1.29 is 32.3 Å². The third-order valence-corrected chi connectivity index (χ3v) is 5.98. The molecule has 3 heterocycles. The molecule has 1 aromatic heterocycles. The molecule has 1 aliphatic carbocycles. The van der Waals surface area contributed by atoms with Gasteiger partial charge in [-0.3, -0.25) is 14.6 Å². The van der Waals surface area contributed by atoms with Gasteiger partial charge in [0.1, 0.15) is 11.4 Å². The topological polar surface area (TPSA) is 118 Å². The largest absolute Gasteiger partial charge is 0.477 e. The second-order valence-electron chi connectivity index (χ2n) is 8.20. The highest BCUT2D eigenvalue weighted by atomic mass is 19.4. The number of anilines is 1. The van der Waals surface area contributed by atoms with Gasteiger partial charge < -0.3 is 20.3 Å². The Balaban J connectivity index is 0.000000385. The lowest BCUT2D eigenvalue weighted by molar-refractivity contribution is -0.156. The van der Waals surface area contributed by atoms with E-state index >= 15 is 4.39 Å². The number of benzene rings is 1. The van der Waals surface area contributed by atoms with Crippen molar-refractivity contribution in [3.63, 3.8) is 0 Å². The standard InChI is InChI=1S/C19H19FN4O3.C2HF3O/c20-13-5-10-16(24(9-1-2-9)8-12(18(10)25)19(26)27)11-6-22-7-15-14(21)3-4-23(15)17(11)13;3-2(4,5)1-6/h5-6,8-9,14-15H,1-4,7,21H2,(H,26,27);1H/t14-,15-;/m1./s1. The maximum atomic E-state index is 15.2. The van der Waals surface area contributed by atoms with Gasteiger partial charge in [0, 0.05) is 36.6 Å². The van der Waals surface area contributed by atoms with Crippen LogP contribution in [0.2, 0.25) is 0 Å². The maximum Gasteiger partial charge on any atom is 0.446 e. The van der Waals surface area contributed by atoms with Crippen LogP contribution in [0.4, 0.5) is 23.2 Å². The molecular weight excluding hydrogens is 448 g/mol. The fourth-order valence-electron chi connectivity index (χ4n) is 4.36. The summed E-state index contributed by atoms with van der Waals surface area (Å²) in [5, 5.41) is 9.49. The molecule has 2 atom stereocenters. The molecule has 0 amide bonds. The van der Waals surface area contributed by atoms with E-state index in [9.17, 15) is 27.9 Å². The van der Waals surface area contributed by atoms with Gasteiger partial charge in [-0.2, -0.15) is 13.2 Å². The second-order valence-corrected chi connectivity index (χ2v) is 8.20. The van der Waals surface area contributed by atoms with Crippen LogP contribution in [0.1, 0.15) is 41.2 Å². The Bertz CT molecular complexity index is 1220. The number of carbonyl (C=O) groups excluding carboxylic acids is 1. The number of carboxylic acids is 1. The van der Waals surface area contributed by atoms with E-state index < -0.39 is 29.7 Å². The molecule has 33 heavy (non-hydrogen) atoms. The van der Waals surface area contributed by atoms with Crippen molar-refractivity contribution in [3.05, 3.63) is 39.4 Å². The third kappa shape index (κ3) is 4.22. The van der Waals surface area contributed by atoms with Crippen LogP contribution in [0, 0.1) is 5.82 Å². The number of nitrogens with zero attached hydrogens (tertiary/aromatic N) is 3. The normalized spacial score (nSPS) is 21.7. The number of fused-ring (bicyclic) bond motifs is 5. The monoisotopic (exact) mass is 468 g/mol. The number of aromatic nitrogens is 1. The zero-order valence-corrected chi connectivity index (χ0v) is 17.2. The number of aromatic carboxylic acids is 1. The molecule has 5 rings (SSSR count).